The zero-order valence-electron chi connectivity index (χ0n) is 12.1. The molecule has 1 fully saturated rings. The van der Waals surface area contributed by atoms with Gasteiger partial charge in [-0.15, -0.1) is 0 Å². The van der Waals surface area contributed by atoms with E-state index in [1.807, 2.05) is 12.1 Å². The maximum atomic E-state index is 11.3. The predicted octanol–water partition coefficient (Wildman–Crippen LogP) is 2.35. The number of piperazine rings is 1. The molecule has 1 aliphatic heterocycles. The smallest absolute Gasteiger partial charge is 0.336 e. The Balaban J connectivity index is 2.08. The molecule has 0 radical (unpaired) electrons. The molecule has 110 valence electrons. The molecule has 1 heterocycles. The molecule has 4 heteroatoms. The van der Waals surface area contributed by atoms with E-state index in [4.69, 9.17) is 0 Å². The summed E-state index contributed by atoms with van der Waals surface area (Å²) in [6.07, 6.45) is 3.61. The number of nitrogens with zero attached hydrogens (tertiary/aromatic N) is 1. The summed E-state index contributed by atoms with van der Waals surface area (Å²) < 4.78 is 0. The van der Waals surface area contributed by atoms with Gasteiger partial charge in [-0.2, -0.15) is 0 Å². The number of hydrogen-bond acceptors (Lipinski definition) is 3. The first-order valence-electron chi connectivity index (χ1n) is 7.48. The highest BCUT2D eigenvalue weighted by Gasteiger charge is 2.23. The average Bonchev–Trinajstić information content (AvgIpc) is 2.47. The quantitative estimate of drug-likeness (QED) is 0.837. The standard InChI is InChI=1S/C16H24N2O2/c1-2-3-7-14-11-17-9-10-18(14)12-13-6-4-5-8-15(13)16(19)20/h4-6,8,14,17H,2-3,7,9-12H2,1H3,(H,19,20). The van der Waals surface area contributed by atoms with Crippen LogP contribution in [0.3, 0.4) is 0 Å². The number of unbranched alkanes of at least 4 members (excludes halogenated alkanes) is 1. The van der Waals surface area contributed by atoms with Crippen molar-refractivity contribution >= 4 is 5.97 Å². The molecular formula is C16H24N2O2. The fraction of sp³-hybridized carbons (Fsp3) is 0.562. The van der Waals surface area contributed by atoms with E-state index in [-0.39, 0.29) is 0 Å². The van der Waals surface area contributed by atoms with Crippen molar-refractivity contribution in [3.63, 3.8) is 0 Å². The van der Waals surface area contributed by atoms with Crippen LogP contribution in [0.25, 0.3) is 0 Å². The zero-order chi connectivity index (χ0) is 14.4. The molecule has 0 aliphatic carbocycles. The second-order valence-electron chi connectivity index (χ2n) is 5.43. The van der Waals surface area contributed by atoms with Gasteiger partial charge >= 0.3 is 5.97 Å². The van der Waals surface area contributed by atoms with Crippen LogP contribution in [0.1, 0.15) is 42.1 Å². The maximum absolute atomic E-state index is 11.3. The lowest BCUT2D eigenvalue weighted by Gasteiger charge is -2.36. The van der Waals surface area contributed by atoms with Crippen LogP contribution in [0.5, 0.6) is 0 Å². The van der Waals surface area contributed by atoms with E-state index in [9.17, 15) is 9.90 Å². The summed E-state index contributed by atoms with van der Waals surface area (Å²) in [6, 6.07) is 7.86. The highest BCUT2D eigenvalue weighted by atomic mass is 16.4. The van der Waals surface area contributed by atoms with E-state index >= 15 is 0 Å². The number of aromatic carboxylic acids is 1. The van der Waals surface area contributed by atoms with Crippen molar-refractivity contribution in [2.75, 3.05) is 19.6 Å². The molecule has 2 N–H and O–H groups in total. The lowest BCUT2D eigenvalue weighted by molar-refractivity contribution is 0.0692. The minimum Gasteiger partial charge on any atom is -0.478 e. The third-order valence-corrected chi connectivity index (χ3v) is 3.98. The van der Waals surface area contributed by atoms with Gasteiger partial charge in [0.15, 0.2) is 0 Å². The van der Waals surface area contributed by atoms with E-state index in [1.165, 1.54) is 19.3 Å². The first-order valence-corrected chi connectivity index (χ1v) is 7.48. The highest BCUT2D eigenvalue weighted by molar-refractivity contribution is 5.89. The van der Waals surface area contributed by atoms with Crippen LogP contribution in [0.2, 0.25) is 0 Å². The van der Waals surface area contributed by atoms with Gasteiger partial charge in [-0.05, 0) is 18.1 Å². The molecule has 0 amide bonds. The van der Waals surface area contributed by atoms with E-state index < -0.39 is 5.97 Å². The summed E-state index contributed by atoms with van der Waals surface area (Å²) >= 11 is 0. The van der Waals surface area contributed by atoms with E-state index in [0.29, 0.717) is 11.6 Å². The van der Waals surface area contributed by atoms with Crippen molar-refractivity contribution in [2.24, 2.45) is 0 Å². The van der Waals surface area contributed by atoms with Gasteiger partial charge in [0.2, 0.25) is 0 Å². The van der Waals surface area contributed by atoms with Crippen LogP contribution < -0.4 is 5.32 Å². The lowest BCUT2D eigenvalue weighted by Crippen LogP contribution is -2.50. The molecule has 1 atom stereocenters. The van der Waals surface area contributed by atoms with Crippen LogP contribution >= 0.6 is 0 Å². The van der Waals surface area contributed by atoms with Gasteiger partial charge in [-0.3, -0.25) is 4.90 Å². The number of carboxylic acids is 1. The summed E-state index contributed by atoms with van der Waals surface area (Å²) in [4.78, 5) is 13.7. The molecule has 0 saturated carbocycles. The summed E-state index contributed by atoms with van der Waals surface area (Å²) in [5, 5.41) is 12.7. The topological polar surface area (TPSA) is 52.6 Å². The van der Waals surface area contributed by atoms with Crippen LogP contribution in [-0.2, 0) is 6.54 Å². The fourth-order valence-corrected chi connectivity index (χ4v) is 2.82. The van der Waals surface area contributed by atoms with Crippen molar-refractivity contribution < 1.29 is 9.90 Å². The van der Waals surface area contributed by atoms with Gasteiger partial charge in [-0.1, -0.05) is 38.0 Å². The van der Waals surface area contributed by atoms with Gasteiger partial charge < -0.3 is 10.4 Å². The number of hydrogen-bond donors (Lipinski definition) is 2. The summed E-state index contributed by atoms with van der Waals surface area (Å²) in [7, 11) is 0. The van der Waals surface area contributed by atoms with Crippen LogP contribution in [0.15, 0.2) is 24.3 Å². The van der Waals surface area contributed by atoms with Gasteiger partial charge in [0.1, 0.15) is 0 Å². The Morgan fingerprint density at radius 1 is 1.45 bits per heavy atom. The number of carbonyl (C=O) groups is 1. The van der Waals surface area contributed by atoms with E-state index in [2.05, 4.69) is 17.1 Å². The average molecular weight is 276 g/mol. The van der Waals surface area contributed by atoms with Crippen LogP contribution in [-0.4, -0.2) is 41.7 Å². The molecule has 0 spiro atoms. The zero-order valence-corrected chi connectivity index (χ0v) is 12.1. The molecular weight excluding hydrogens is 252 g/mol. The second-order valence-corrected chi connectivity index (χ2v) is 5.43. The minimum atomic E-state index is -0.833. The molecule has 1 saturated heterocycles. The Morgan fingerprint density at radius 3 is 3.00 bits per heavy atom. The summed E-state index contributed by atoms with van der Waals surface area (Å²) in [5.74, 6) is -0.833. The molecule has 2 rings (SSSR count). The second kappa shape index (κ2) is 7.41. The third-order valence-electron chi connectivity index (χ3n) is 3.98. The van der Waals surface area contributed by atoms with Crippen LogP contribution in [0.4, 0.5) is 0 Å². The summed E-state index contributed by atoms with van der Waals surface area (Å²) in [5.41, 5.74) is 1.35. The maximum Gasteiger partial charge on any atom is 0.336 e. The number of rotatable bonds is 6. The van der Waals surface area contributed by atoms with Crippen molar-refractivity contribution in [1.82, 2.24) is 10.2 Å². The first kappa shape index (κ1) is 15.0. The van der Waals surface area contributed by atoms with E-state index in [1.54, 1.807) is 12.1 Å². The Labute approximate surface area is 120 Å². The van der Waals surface area contributed by atoms with Gasteiger partial charge in [0, 0.05) is 32.2 Å². The fourth-order valence-electron chi connectivity index (χ4n) is 2.82. The number of nitrogens with one attached hydrogen (secondary N) is 1. The Bertz CT molecular complexity index is 448. The van der Waals surface area contributed by atoms with E-state index in [0.717, 1.165) is 31.7 Å². The molecule has 1 aromatic rings. The Hall–Kier alpha value is -1.39. The van der Waals surface area contributed by atoms with Crippen molar-refractivity contribution in [3.05, 3.63) is 35.4 Å². The molecule has 4 nitrogen and oxygen atoms in total. The van der Waals surface area contributed by atoms with Gasteiger partial charge in [-0.25, -0.2) is 4.79 Å². The highest BCUT2D eigenvalue weighted by Crippen LogP contribution is 2.17. The minimum absolute atomic E-state index is 0.431. The Morgan fingerprint density at radius 2 is 2.25 bits per heavy atom. The molecule has 0 aromatic heterocycles. The van der Waals surface area contributed by atoms with Gasteiger partial charge in [0.25, 0.3) is 0 Å². The molecule has 0 bridgehead atoms. The first-order chi connectivity index (χ1) is 9.72. The Kier molecular flexibility index (Phi) is 5.56. The molecule has 20 heavy (non-hydrogen) atoms. The number of benzene rings is 1. The van der Waals surface area contributed by atoms with Crippen molar-refractivity contribution in [2.45, 2.75) is 38.8 Å². The van der Waals surface area contributed by atoms with Gasteiger partial charge in [0.05, 0.1) is 5.56 Å². The van der Waals surface area contributed by atoms with Crippen molar-refractivity contribution in [1.29, 1.82) is 0 Å². The molecule has 1 aromatic carbocycles. The largest absolute Gasteiger partial charge is 0.478 e. The van der Waals surface area contributed by atoms with Crippen molar-refractivity contribution in [3.8, 4) is 0 Å². The molecule has 1 unspecified atom stereocenters. The predicted molar refractivity (Wildman–Crippen MR) is 80.0 cm³/mol. The third kappa shape index (κ3) is 3.81. The SMILES string of the molecule is CCCCC1CNCCN1Cc1ccccc1C(=O)O. The lowest BCUT2D eigenvalue weighted by atomic mass is 10.0. The molecule has 1 aliphatic rings. The van der Waals surface area contributed by atoms with Crippen LogP contribution in [0, 0.1) is 0 Å². The summed E-state index contributed by atoms with van der Waals surface area (Å²) in [6.45, 7) is 5.92. The normalized spacial score (nSPS) is 19.9. The number of carboxylic acid groups (broad SMARTS) is 1. The monoisotopic (exact) mass is 276 g/mol.